The number of hydrogen-bond donors (Lipinski definition) is 0. The first-order chi connectivity index (χ1) is 28.2. The van der Waals surface area contributed by atoms with Crippen LogP contribution in [0.25, 0.3) is 77.2 Å². The molecule has 9 rings (SSSR count). The van der Waals surface area contributed by atoms with E-state index in [0.717, 1.165) is 54.7 Å². The normalized spacial score (nSPS) is 14.7. The van der Waals surface area contributed by atoms with Gasteiger partial charge in [-0.25, -0.2) is 0 Å². The zero-order valence-electron chi connectivity index (χ0n) is 38.0. The van der Waals surface area contributed by atoms with Gasteiger partial charge in [-0.2, -0.15) is 0 Å². The third-order valence-electron chi connectivity index (χ3n) is 8.85. The predicted molar refractivity (Wildman–Crippen MR) is 220 cm³/mol. The van der Waals surface area contributed by atoms with E-state index >= 15 is 0 Å². The van der Waals surface area contributed by atoms with Gasteiger partial charge in [-0.15, -0.1) is 54.1 Å². The molecule has 9 aromatic rings. The van der Waals surface area contributed by atoms with E-state index in [0.29, 0.717) is 28.0 Å². The zero-order valence-corrected chi connectivity index (χ0v) is 33.4. The van der Waals surface area contributed by atoms with Gasteiger partial charge in [-0.05, 0) is 76.5 Å². The fraction of sp³-hybridized carbons (Fsp3) is 0.224. The Labute approximate surface area is 340 Å². The second-order valence-corrected chi connectivity index (χ2v) is 15.4. The molecule has 0 saturated carbocycles. The smallest absolute Gasteiger partial charge is 0.143 e. The number of pyridine rings is 2. The molecule has 5 aromatic carbocycles. The summed E-state index contributed by atoms with van der Waals surface area (Å²) in [7, 11) is 0. The van der Waals surface area contributed by atoms with Crippen molar-refractivity contribution in [2.45, 2.75) is 61.1 Å². The van der Waals surface area contributed by atoms with Crippen LogP contribution >= 0.6 is 0 Å². The van der Waals surface area contributed by atoms with Gasteiger partial charge in [-0.3, -0.25) is 0 Å². The van der Waals surface area contributed by atoms with Crippen LogP contribution < -0.4 is 0 Å². The maximum Gasteiger partial charge on any atom is 0.143 e. The van der Waals surface area contributed by atoms with E-state index < -0.39 is 30.4 Å². The summed E-state index contributed by atoms with van der Waals surface area (Å²) in [4.78, 5) is 8.83. The Kier molecular flexibility index (Phi) is 7.93. The van der Waals surface area contributed by atoms with Gasteiger partial charge in [0.05, 0.1) is 5.58 Å². The van der Waals surface area contributed by atoms with Crippen molar-refractivity contribution < 1.29 is 38.5 Å². The van der Waals surface area contributed by atoms with Crippen molar-refractivity contribution in [3.63, 3.8) is 0 Å². The summed E-state index contributed by atoms with van der Waals surface area (Å²) in [5.74, 6) is 0. The van der Waals surface area contributed by atoms with Crippen LogP contribution in [0.2, 0.25) is 0 Å². The molecule has 0 bridgehead atoms. The summed E-state index contributed by atoms with van der Waals surface area (Å²) in [6.45, 7) is 8.43. The number of nitrogens with zero attached hydrogens (tertiary/aromatic N) is 2. The number of fused-ring (bicyclic) bond motifs is 8. The molecule has 0 saturated heterocycles. The molecule has 0 aliphatic rings. The zero-order chi connectivity index (χ0) is 43.0. The van der Waals surface area contributed by atoms with E-state index in [4.69, 9.17) is 18.4 Å². The van der Waals surface area contributed by atoms with Gasteiger partial charge in [0, 0.05) is 63.6 Å². The van der Waals surface area contributed by atoms with Crippen LogP contribution in [0.3, 0.4) is 0 Å². The average Bonchev–Trinajstić information content (AvgIpc) is 3.77. The van der Waals surface area contributed by atoms with Gasteiger partial charge in [-0.1, -0.05) is 107 Å². The van der Waals surface area contributed by atoms with E-state index in [1.54, 1.807) is 33.0 Å². The van der Waals surface area contributed by atoms with Crippen molar-refractivity contribution >= 4 is 54.6 Å². The van der Waals surface area contributed by atoms with Crippen LogP contribution in [0.1, 0.15) is 67.8 Å². The maximum atomic E-state index is 8.88. The topological polar surface area (TPSA) is 52.1 Å². The van der Waals surface area contributed by atoms with E-state index in [2.05, 4.69) is 46.4 Å². The monoisotopic (exact) mass is 892 g/mol. The van der Waals surface area contributed by atoms with E-state index in [1.165, 1.54) is 12.3 Å². The summed E-state index contributed by atoms with van der Waals surface area (Å²) in [5, 5.41) is 5.82. The largest absolute Gasteiger partial charge is 0.501 e. The summed E-state index contributed by atoms with van der Waals surface area (Å²) < 4.78 is 71.1. The molecule has 0 aliphatic carbocycles. The van der Waals surface area contributed by atoms with E-state index in [1.807, 2.05) is 87.5 Å². The van der Waals surface area contributed by atoms with E-state index in [-0.39, 0.29) is 31.2 Å². The van der Waals surface area contributed by atoms with Crippen LogP contribution in [0.5, 0.6) is 0 Å². The third kappa shape index (κ3) is 7.62. The molecule has 54 heavy (non-hydrogen) atoms. The first-order valence-electron chi connectivity index (χ1n) is 21.2. The minimum absolute atomic E-state index is 0. The fourth-order valence-electron chi connectivity index (χ4n) is 6.64. The van der Waals surface area contributed by atoms with Crippen LogP contribution in [0.15, 0.2) is 124 Å². The molecule has 0 atom stereocenters. The first-order valence-corrected chi connectivity index (χ1v) is 17.7. The molecule has 0 aliphatic heterocycles. The summed E-state index contributed by atoms with van der Waals surface area (Å²) >= 11 is 0. The molecule has 0 N–H and O–H groups in total. The number of hydrogen-bond acceptors (Lipinski definition) is 4. The second kappa shape index (κ2) is 14.6. The minimum Gasteiger partial charge on any atom is -0.501 e. The Hall–Kier alpha value is -5.09. The van der Waals surface area contributed by atoms with Crippen molar-refractivity contribution in [3.05, 3.63) is 144 Å². The first kappa shape index (κ1) is 29.3. The molecule has 0 spiro atoms. The van der Waals surface area contributed by atoms with Crippen molar-refractivity contribution in [2.75, 3.05) is 0 Å². The third-order valence-corrected chi connectivity index (χ3v) is 8.85. The van der Waals surface area contributed by atoms with Crippen LogP contribution in [0.4, 0.5) is 0 Å². The van der Waals surface area contributed by atoms with Crippen molar-refractivity contribution in [1.29, 1.82) is 0 Å². The van der Waals surface area contributed by atoms with Crippen molar-refractivity contribution in [3.8, 4) is 22.5 Å². The van der Waals surface area contributed by atoms with Crippen LogP contribution in [0, 0.1) is 29.8 Å². The average molecular weight is 892 g/mol. The van der Waals surface area contributed by atoms with Gasteiger partial charge < -0.3 is 18.8 Å². The number of furan rings is 2. The standard InChI is InChI=1S/C33H26NO2.C16H18N.Ir/c1-19-18-34-28(14-21(19)17-33(2,3)4)25-11-7-10-23-26-15-30-27(16-29(26)36-32(23)25)24-13-12-20-8-5-6-9-22(20)31(24)35-30;1-16(2,3)11-13-9-10-15(17-12-13)14-7-5-4-6-8-14;/h5-10,12-16,18H,17H2,1-4H3;4-7,9-10,12H,11H2,1-3H3;/q2*-1;/i1D3,17D2;11D2;. The van der Waals surface area contributed by atoms with Gasteiger partial charge in [0.15, 0.2) is 0 Å². The van der Waals surface area contributed by atoms with Gasteiger partial charge in [0.1, 0.15) is 16.7 Å². The molecular weight excluding hydrogens is 841 g/mol. The Morgan fingerprint density at radius 2 is 1.33 bits per heavy atom. The number of benzene rings is 5. The van der Waals surface area contributed by atoms with E-state index in [9.17, 15) is 0 Å². The van der Waals surface area contributed by atoms with Gasteiger partial charge in [0.25, 0.3) is 0 Å². The Morgan fingerprint density at radius 3 is 2.02 bits per heavy atom. The molecule has 273 valence electrons. The quantitative estimate of drug-likeness (QED) is 0.165. The van der Waals surface area contributed by atoms with Crippen molar-refractivity contribution in [2.24, 2.45) is 10.8 Å². The second-order valence-electron chi connectivity index (χ2n) is 15.4. The number of aryl methyl sites for hydroxylation is 1. The van der Waals surface area contributed by atoms with Gasteiger partial charge >= 0.3 is 0 Å². The molecule has 0 fully saturated rings. The maximum absolute atomic E-state index is 8.88. The van der Waals surface area contributed by atoms with Gasteiger partial charge in [0.2, 0.25) is 0 Å². The molecule has 4 heterocycles. The molecule has 5 heteroatoms. The fourth-order valence-corrected chi connectivity index (χ4v) is 6.64. The number of rotatable bonds is 4. The Balaban J connectivity index is 0.000000237. The molecule has 0 unspecified atom stereocenters. The summed E-state index contributed by atoms with van der Waals surface area (Å²) in [6, 6.07) is 39.1. The Morgan fingerprint density at radius 1 is 0.630 bits per heavy atom. The van der Waals surface area contributed by atoms with Crippen LogP contribution in [-0.2, 0) is 32.9 Å². The van der Waals surface area contributed by atoms with Crippen LogP contribution in [-0.4, -0.2) is 9.97 Å². The predicted octanol–water partition coefficient (Wildman–Crippen LogP) is 13.5. The molecule has 4 aromatic heterocycles. The SMILES string of the molecule is [2H]C([2H])([2H])c1cnc(-c2[c-]ccc3c2oc2cc4c(cc23)oc2c3ccccc3ccc42)cc1C([2H])([2H])C(C)(C)C.[2H]C([2H])(c1ccc(-c2[c-]cccc2)nc1)C(C)(C)C.[Ir]. The molecule has 4 nitrogen and oxygen atoms in total. The molecule has 0 amide bonds. The molecular formula is C49H44IrN2O2-2. The van der Waals surface area contributed by atoms with Crippen molar-refractivity contribution in [1.82, 2.24) is 9.97 Å². The molecule has 1 radical (unpaired) electrons. The Bertz CT molecular complexity index is 3050. The summed E-state index contributed by atoms with van der Waals surface area (Å²) in [6.07, 6.45) is -0.452. The number of aromatic nitrogens is 2. The minimum atomic E-state index is -2.52. The summed E-state index contributed by atoms with van der Waals surface area (Å²) in [5.41, 5.74) is 4.75.